The summed E-state index contributed by atoms with van der Waals surface area (Å²) in [6, 6.07) is 10.6. The Kier molecular flexibility index (Phi) is 4.70. The molecule has 0 saturated heterocycles. The molecule has 1 atom stereocenters. The molecule has 2 aromatic carbocycles. The number of nitro benzene ring substituents is 1. The molecule has 0 fully saturated rings. The molecule has 110 valence electrons. The lowest BCUT2D eigenvalue weighted by atomic mass is 10.1. The number of hydrogen-bond acceptors (Lipinski definition) is 3. The van der Waals surface area contributed by atoms with Crippen LogP contribution in [0.3, 0.4) is 0 Å². The topological polar surface area (TPSA) is 55.2 Å². The molecular weight excluding hydrogens is 311 g/mol. The van der Waals surface area contributed by atoms with E-state index in [-0.39, 0.29) is 21.8 Å². The number of nitro groups is 1. The predicted octanol–water partition coefficient (Wildman–Crippen LogP) is 5.38. The zero-order chi connectivity index (χ0) is 15.6. The van der Waals surface area contributed by atoms with E-state index in [1.54, 1.807) is 0 Å². The molecular formula is C15H14Cl2N2O2. The van der Waals surface area contributed by atoms with Gasteiger partial charge < -0.3 is 5.32 Å². The Morgan fingerprint density at radius 2 is 1.67 bits per heavy atom. The fourth-order valence-corrected chi connectivity index (χ4v) is 2.54. The SMILES string of the molecule is Cc1ccc(C(C)Nc2c(Cl)cc([N+](=O)[O-])cc2Cl)cc1. The first kappa shape index (κ1) is 15.6. The highest BCUT2D eigenvalue weighted by Gasteiger charge is 2.16. The Morgan fingerprint density at radius 1 is 1.14 bits per heavy atom. The number of rotatable bonds is 4. The normalized spacial score (nSPS) is 12.0. The van der Waals surface area contributed by atoms with Crippen molar-refractivity contribution in [3.05, 3.63) is 67.7 Å². The van der Waals surface area contributed by atoms with Gasteiger partial charge in [0, 0.05) is 18.2 Å². The van der Waals surface area contributed by atoms with Gasteiger partial charge in [-0.25, -0.2) is 0 Å². The Labute approximate surface area is 132 Å². The first-order valence-corrected chi connectivity index (χ1v) is 7.10. The van der Waals surface area contributed by atoms with E-state index in [0.29, 0.717) is 5.69 Å². The van der Waals surface area contributed by atoms with Gasteiger partial charge in [-0.3, -0.25) is 10.1 Å². The molecule has 4 nitrogen and oxygen atoms in total. The maximum absolute atomic E-state index is 10.8. The molecule has 0 aliphatic rings. The van der Waals surface area contributed by atoms with Crippen molar-refractivity contribution < 1.29 is 4.92 Å². The maximum Gasteiger partial charge on any atom is 0.272 e. The van der Waals surface area contributed by atoms with Gasteiger partial charge in [0.15, 0.2) is 0 Å². The first-order valence-electron chi connectivity index (χ1n) is 6.35. The molecule has 6 heteroatoms. The van der Waals surface area contributed by atoms with Gasteiger partial charge in [0.2, 0.25) is 0 Å². The third-order valence-electron chi connectivity index (χ3n) is 3.18. The van der Waals surface area contributed by atoms with Crippen molar-refractivity contribution in [3.63, 3.8) is 0 Å². The molecule has 0 aliphatic carbocycles. The molecule has 1 unspecified atom stereocenters. The molecule has 0 heterocycles. The average molecular weight is 325 g/mol. The molecule has 0 aromatic heterocycles. The second-order valence-electron chi connectivity index (χ2n) is 4.82. The number of aryl methyl sites for hydroxylation is 1. The lowest BCUT2D eigenvalue weighted by Crippen LogP contribution is -2.07. The summed E-state index contributed by atoms with van der Waals surface area (Å²) >= 11 is 12.2. The highest BCUT2D eigenvalue weighted by Crippen LogP contribution is 2.36. The Balaban J connectivity index is 2.27. The van der Waals surface area contributed by atoms with E-state index in [2.05, 4.69) is 5.32 Å². The molecule has 2 aromatic rings. The van der Waals surface area contributed by atoms with Crippen molar-refractivity contribution in [1.29, 1.82) is 0 Å². The molecule has 21 heavy (non-hydrogen) atoms. The monoisotopic (exact) mass is 324 g/mol. The minimum absolute atomic E-state index is 0.0259. The summed E-state index contributed by atoms with van der Waals surface area (Å²) in [5.41, 5.74) is 2.62. The van der Waals surface area contributed by atoms with Gasteiger partial charge in [-0.2, -0.15) is 0 Å². The van der Waals surface area contributed by atoms with Crippen LogP contribution in [0.15, 0.2) is 36.4 Å². The van der Waals surface area contributed by atoms with Crippen LogP contribution in [0.2, 0.25) is 10.0 Å². The lowest BCUT2D eigenvalue weighted by Gasteiger charge is -2.18. The first-order chi connectivity index (χ1) is 9.88. The van der Waals surface area contributed by atoms with E-state index < -0.39 is 4.92 Å². The summed E-state index contributed by atoms with van der Waals surface area (Å²) in [5.74, 6) is 0. The van der Waals surface area contributed by atoms with Crippen LogP contribution in [0.1, 0.15) is 24.1 Å². The molecule has 1 N–H and O–H groups in total. The van der Waals surface area contributed by atoms with Crippen LogP contribution in [0.4, 0.5) is 11.4 Å². The van der Waals surface area contributed by atoms with Crippen molar-refractivity contribution in [1.82, 2.24) is 0 Å². The molecule has 0 saturated carbocycles. The summed E-state index contributed by atoms with van der Waals surface area (Å²) in [5, 5.41) is 14.4. The van der Waals surface area contributed by atoms with Gasteiger partial charge in [0.1, 0.15) is 0 Å². The van der Waals surface area contributed by atoms with Gasteiger partial charge >= 0.3 is 0 Å². The van der Waals surface area contributed by atoms with Gasteiger partial charge in [-0.05, 0) is 19.4 Å². The van der Waals surface area contributed by atoms with E-state index in [4.69, 9.17) is 23.2 Å². The Morgan fingerprint density at radius 3 is 2.14 bits per heavy atom. The molecule has 0 amide bonds. The molecule has 0 aliphatic heterocycles. The second kappa shape index (κ2) is 6.33. The van der Waals surface area contributed by atoms with E-state index in [1.165, 1.54) is 17.7 Å². The number of non-ortho nitro benzene ring substituents is 1. The number of nitrogens with zero attached hydrogens (tertiary/aromatic N) is 1. The minimum Gasteiger partial charge on any atom is -0.376 e. The van der Waals surface area contributed by atoms with E-state index in [9.17, 15) is 10.1 Å². The number of anilines is 1. The summed E-state index contributed by atoms with van der Waals surface area (Å²) in [7, 11) is 0. The fourth-order valence-electron chi connectivity index (χ4n) is 1.96. The van der Waals surface area contributed by atoms with Gasteiger partial charge in [0.05, 0.1) is 20.7 Å². The van der Waals surface area contributed by atoms with Gasteiger partial charge in [-0.1, -0.05) is 53.0 Å². The zero-order valence-electron chi connectivity index (χ0n) is 11.6. The molecule has 2 rings (SSSR count). The summed E-state index contributed by atoms with van der Waals surface area (Å²) < 4.78 is 0. The predicted molar refractivity (Wildman–Crippen MR) is 86.3 cm³/mol. The lowest BCUT2D eigenvalue weighted by molar-refractivity contribution is -0.384. The van der Waals surface area contributed by atoms with Crippen molar-refractivity contribution >= 4 is 34.6 Å². The summed E-state index contributed by atoms with van der Waals surface area (Å²) in [4.78, 5) is 10.2. The molecule has 0 spiro atoms. The summed E-state index contributed by atoms with van der Waals surface area (Å²) in [6.07, 6.45) is 0. The van der Waals surface area contributed by atoms with Crippen molar-refractivity contribution in [3.8, 4) is 0 Å². The third-order valence-corrected chi connectivity index (χ3v) is 3.77. The van der Waals surface area contributed by atoms with E-state index in [1.807, 2.05) is 38.1 Å². The molecule has 0 bridgehead atoms. The highest BCUT2D eigenvalue weighted by molar-refractivity contribution is 6.39. The standard InChI is InChI=1S/C15H14Cl2N2O2/c1-9-3-5-11(6-4-9)10(2)18-15-13(16)7-12(19(20)21)8-14(15)17/h3-8,10,18H,1-2H3. The highest BCUT2D eigenvalue weighted by atomic mass is 35.5. The fraction of sp³-hybridized carbons (Fsp3) is 0.200. The van der Waals surface area contributed by atoms with Crippen LogP contribution >= 0.6 is 23.2 Å². The van der Waals surface area contributed by atoms with E-state index in [0.717, 1.165) is 5.56 Å². The van der Waals surface area contributed by atoms with Crippen molar-refractivity contribution in [2.45, 2.75) is 19.9 Å². The summed E-state index contributed by atoms with van der Waals surface area (Å²) in [6.45, 7) is 3.99. The third kappa shape index (κ3) is 3.65. The Hall–Kier alpha value is -1.78. The van der Waals surface area contributed by atoms with Gasteiger partial charge in [0.25, 0.3) is 5.69 Å². The van der Waals surface area contributed by atoms with Crippen LogP contribution in [0.25, 0.3) is 0 Å². The number of hydrogen-bond donors (Lipinski definition) is 1. The van der Waals surface area contributed by atoms with Crippen molar-refractivity contribution in [2.75, 3.05) is 5.32 Å². The van der Waals surface area contributed by atoms with E-state index >= 15 is 0 Å². The second-order valence-corrected chi connectivity index (χ2v) is 5.63. The quantitative estimate of drug-likeness (QED) is 0.606. The van der Waals surface area contributed by atoms with Crippen LogP contribution in [-0.2, 0) is 0 Å². The smallest absolute Gasteiger partial charge is 0.272 e. The Bertz CT molecular complexity index is 649. The number of halogens is 2. The average Bonchev–Trinajstić information content (AvgIpc) is 2.43. The number of nitrogens with one attached hydrogen (secondary N) is 1. The number of benzene rings is 2. The molecule has 0 radical (unpaired) electrons. The largest absolute Gasteiger partial charge is 0.376 e. The van der Waals surface area contributed by atoms with Crippen LogP contribution in [0, 0.1) is 17.0 Å². The van der Waals surface area contributed by atoms with Crippen LogP contribution in [0.5, 0.6) is 0 Å². The van der Waals surface area contributed by atoms with Gasteiger partial charge in [-0.15, -0.1) is 0 Å². The van der Waals surface area contributed by atoms with Crippen molar-refractivity contribution in [2.24, 2.45) is 0 Å². The van der Waals surface area contributed by atoms with Crippen LogP contribution < -0.4 is 5.32 Å². The van der Waals surface area contributed by atoms with Crippen LogP contribution in [-0.4, -0.2) is 4.92 Å². The zero-order valence-corrected chi connectivity index (χ0v) is 13.1. The minimum atomic E-state index is -0.523. The maximum atomic E-state index is 10.8.